The highest BCUT2D eigenvalue weighted by Crippen LogP contribution is 2.26. The number of carbonyl (C=O) groups excluding carboxylic acids is 1. The minimum absolute atomic E-state index is 0.284. The number of nitrogens with zero attached hydrogens (tertiary/aromatic N) is 1. The molecule has 0 aliphatic heterocycles. The maximum Gasteiger partial charge on any atom is 0.328 e. The summed E-state index contributed by atoms with van der Waals surface area (Å²) < 4.78 is 1.14. The van der Waals surface area contributed by atoms with E-state index in [0.717, 1.165) is 11.0 Å². The van der Waals surface area contributed by atoms with Gasteiger partial charge in [-0.25, -0.2) is 4.79 Å². The van der Waals surface area contributed by atoms with Crippen molar-refractivity contribution in [1.82, 2.24) is 9.55 Å². The van der Waals surface area contributed by atoms with Gasteiger partial charge in [0, 0.05) is 23.7 Å². The van der Waals surface area contributed by atoms with Crippen LogP contribution in [-0.4, -0.2) is 21.3 Å². The number of nitrogens with one attached hydrogen (secondary N) is 1. The Labute approximate surface area is 114 Å². The summed E-state index contributed by atoms with van der Waals surface area (Å²) >= 11 is 5.58. The minimum Gasteiger partial charge on any atom is -0.369 e. The van der Waals surface area contributed by atoms with Gasteiger partial charge in [-0.1, -0.05) is 0 Å². The van der Waals surface area contributed by atoms with Gasteiger partial charge in [-0.05, 0) is 25.7 Å². The van der Waals surface area contributed by atoms with E-state index >= 15 is 0 Å². The average molecular weight is 286 g/mol. The van der Waals surface area contributed by atoms with Crippen molar-refractivity contribution in [3.8, 4) is 0 Å². The van der Waals surface area contributed by atoms with Crippen LogP contribution in [0.5, 0.6) is 0 Å². The lowest BCUT2D eigenvalue weighted by Crippen LogP contribution is -2.42. The van der Waals surface area contributed by atoms with Gasteiger partial charge in [0.15, 0.2) is 0 Å². The second kappa shape index (κ2) is 5.61. The summed E-state index contributed by atoms with van der Waals surface area (Å²) in [5.41, 5.74) is 5.39. The zero-order chi connectivity index (χ0) is 14.0. The molecular weight excluding hydrogens is 270 g/mol. The standard InChI is InChI=1S/C12H16ClN3O3/c13-5-2-6-16-11(18)8-4-1-3-7(10(14)17)9(8)15-12(16)19/h7H,1-6H2,(H2,14,17)(H,15,19). The van der Waals surface area contributed by atoms with Gasteiger partial charge in [0.2, 0.25) is 5.91 Å². The van der Waals surface area contributed by atoms with E-state index in [1.165, 1.54) is 0 Å². The largest absolute Gasteiger partial charge is 0.369 e. The number of nitrogens with two attached hydrogens (primary N) is 1. The maximum absolute atomic E-state index is 12.3. The van der Waals surface area contributed by atoms with Gasteiger partial charge in [0.1, 0.15) is 0 Å². The Balaban J connectivity index is 2.54. The summed E-state index contributed by atoms with van der Waals surface area (Å²) in [4.78, 5) is 38.2. The first kappa shape index (κ1) is 13.9. The highest BCUT2D eigenvalue weighted by Gasteiger charge is 2.28. The third-order valence-electron chi connectivity index (χ3n) is 3.44. The number of fused-ring (bicyclic) bond motifs is 1. The molecular formula is C12H16ClN3O3. The third kappa shape index (κ3) is 2.58. The normalized spacial score (nSPS) is 18.1. The van der Waals surface area contributed by atoms with Crippen LogP contribution in [0.25, 0.3) is 0 Å². The Morgan fingerprint density at radius 1 is 1.47 bits per heavy atom. The minimum atomic E-state index is -0.563. The predicted molar refractivity (Wildman–Crippen MR) is 71.5 cm³/mol. The number of aromatic amines is 1. The molecule has 0 spiro atoms. The fraction of sp³-hybridized carbons (Fsp3) is 0.583. The van der Waals surface area contributed by atoms with Crippen molar-refractivity contribution < 1.29 is 4.79 Å². The second-order valence-electron chi connectivity index (χ2n) is 4.67. The van der Waals surface area contributed by atoms with Gasteiger partial charge in [-0.2, -0.15) is 0 Å². The number of amides is 1. The number of halogens is 1. The number of rotatable bonds is 4. The van der Waals surface area contributed by atoms with Gasteiger partial charge >= 0.3 is 5.69 Å². The highest BCUT2D eigenvalue weighted by atomic mass is 35.5. The Hall–Kier alpha value is -1.56. The summed E-state index contributed by atoms with van der Waals surface area (Å²) in [6.07, 6.45) is 2.40. The van der Waals surface area contributed by atoms with Gasteiger partial charge in [0.05, 0.1) is 5.92 Å². The van der Waals surface area contributed by atoms with E-state index in [4.69, 9.17) is 17.3 Å². The molecule has 0 saturated carbocycles. The molecule has 19 heavy (non-hydrogen) atoms. The van der Waals surface area contributed by atoms with Crippen LogP contribution in [0.15, 0.2) is 9.59 Å². The Bertz CT molecular complexity index is 605. The fourth-order valence-electron chi connectivity index (χ4n) is 2.50. The average Bonchev–Trinajstić information content (AvgIpc) is 2.37. The van der Waals surface area contributed by atoms with Gasteiger partial charge in [-0.3, -0.25) is 14.2 Å². The van der Waals surface area contributed by atoms with Crippen molar-refractivity contribution in [2.45, 2.75) is 38.1 Å². The number of primary amides is 1. The lowest BCUT2D eigenvalue weighted by Gasteiger charge is -2.22. The zero-order valence-corrected chi connectivity index (χ0v) is 11.2. The fourth-order valence-corrected chi connectivity index (χ4v) is 2.62. The van der Waals surface area contributed by atoms with E-state index in [2.05, 4.69) is 4.98 Å². The molecule has 0 radical (unpaired) electrons. The van der Waals surface area contributed by atoms with Crippen molar-refractivity contribution in [1.29, 1.82) is 0 Å². The maximum atomic E-state index is 12.3. The Morgan fingerprint density at radius 2 is 2.21 bits per heavy atom. The number of H-pyrrole nitrogens is 1. The quantitative estimate of drug-likeness (QED) is 0.766. The molecule has 1 aliphatic rings. The third-order valence-corrected chi connectivity index (χ3v) is 3.71. The number of carbonyl (C=O) groups is 1. The van der Waals surface area contributed by atoms with Crippen molar-refractivity contribution in [3.05, 3.63) is 32.1 Å². The Kier molecular flexibility index (Phi) is 4.09. The summed E-state index contributed by atoms with van der Waals surface area (Å²) in [6, 6.07) is 0. The lowest BCUT2D eigenvalue weighted by atomic mass is 9.87. The number of aromatic nitrogens is 2. The molecule has 1 aromatic heterocycles. The topological polar surface area (TPSA) is 97.9 Å². The van der Waals surface area contributed by atoms with Gasteiger partial charge in [0.25, 0.3) is 5.56 Å². The predicted octanol–water partition coefficient (Wildman–Crippen LogP) is 0.0707. The lowest BCUT2D eigenvalue weighted by molar-refractivity contribution is -0.119. The molecule has 1 aliphatic carbocycles. The molecule has 104 valence electrons. The molecule has 1 aromatic rings. The molecule has 6 nitrogen and oxygen atoms in total. The number of alkyl halides is 1. The smallest absolute Gasteiger partial charge is 0.328 e. The Morgan fingerprint density at radius 3 is 2.84 bits per heavy atom. The summed E-state index contributed by atoms with van der Waals surface area (Å²) in [7, 11) is 0. The van der Waals surface area contributed by atoms with E-state index in [-0.39, 0.29) is 12.1 Å². The molecule has 0 bridgehead atoms. The molecule has 1 heterocycles. The van der Waals surface area contributed by atoms with Crippen LogP contribution in [0.2, 0.25) is 0 Å². The van der Waals surface area contributed by atoms with Crippen molar-refractivity contribution in [2.75, 3.05) is 5.88 Å². The van der Waals surface area contributed by atoms with Crippen molar-refractivity contribution in [3.63, 3.8) is 0 Å². The molecule has 1 unspecified atom stereocenters. The molecule has 2 rings (SSSR count). The first-order valence-electron chi connectivity index (χ1n) is 6.27. The first-order chi connectivity index (χ1) is 9.06. The van der Waals surface area contributed by atoms with Crippen LogP contribution in [0.4, 0.5) is 0 Å². The highest BCUT2D eigenvalue weighted by molar-refractivity contribution is 6.17. The van der Waals surface area contributed by atoms with Gasteiger partial charge in [-0.15, -0.1) is 11.6 Å². The molecule has 1 atom stereocenters. The second-order valence-corrected chi connectivity index (χ2v) is 5.05. The summed E-state index contributed by atoms with van der Waals surface area (Å²) in [5.74, 6) is -0.686. The molecule has 0 saturated heterocycles. The van der Waals surface area contributed by atoms with E-state index in [9.17, 15) is 14.4 Å². The number of hydrogen-bond acceptors (Lipinski definition) is 3. The van der Waals surface area contributed by atoms with Crippen LogP contribution in [0.3, 0.4) is 0 Å². The molecule has 0 aromatic carbocycles. The van der Waals surface area contributed by atoms with Gasteiger partial charge < -0.3 is 10.7 Å². The first-order valence-corrected chi connectivity index (χ1v) is 6.81. The molecule has 1 amide bonds. The summed E-state index contributed by atoms with van der Waals surface area (Å²) in [6.45, 7) is 0.284. The van der Waals surface area contributed by atoms with E-state index in [0.29, 0.717) is 36.4 Å². The van der Waals surface area contributed by atoms with E-state index in [1.807, 2.05) is 0 Å². The van der Waals surface area contributed by atoms with E-state index in [1.54, 1.807) is 0 Å². The van der Waals surface area contributed by atoms with Crippen LogP contribution >= 0.6 is 11.6 Å². The van der Waals surface area contributed by atoms with Crippen molar-refractivity contribution >= 4 is 17.5 Å². The SMILES string of the molecule is NC(=O)C1CCCc2c1[nH]c(=O)n(CCCCl)c2=O. The van der Waals surface area contributed by atoms with Crippen LogP contribution in [-0.2, 0) is 17.8 Å². The monoisotopic (exact) mass is 285 g/mol. The van der Waals surface area contributed by atoms with Crippen molar-refractivity contribution in [2.24, 2.45) is 5.73 Å². The zero-order valence-electron chi connectivity index (χ0n) is 10.4. The summed E-state index contributed by atoms with van der Waals surface area (Å²) in [5, 5.41) is 0. The molecule has 7 heteroatoms. The molecule has 0 fully saturated rings. The molecule has 3 N–H and O–H groups in total. The van der Waals surface area contributed by atoms with Crippen LogP contribution in [0, 0.1) is 0 Å². The van der Waals surface area contributed by atoms with Crippen LogP contribution < -0.4 is 17.0 Å². The van der Waals surface area contributed by atoms with E-state index < -0.39 is 17.5 Å². The number of hydrogen-bond donors (Lipinski definition) is 2. The van der Waals surface area contributed by atoms with Crippen LogP contribution in [0.1, 0.15) is 36.4 Å².